The summed E-state index contributed by atoms with van der Waals surface area (Å²) < 4.78 is 10.7. The van der Waals surface area contributed by atoms with Gasteiger partial charge in [0.15, 0.2) is 6.29 Å². The molecule has 20 heavy (non-hydrogen) atoms. The first-order valence-electron chi connectivity index (χ1n) is 6.40. The van der Waals surface area contributed by atoms with Gasteiger partial charge in [-0.15, -0.1) is 0 Å². The van der Waals surface area contributed by atoms with E-state index < -0.39 is 0 Å². The minimum atomic E-state index is 0.533. The number of carbonyl (C=O) groups is 1. The van der Waals surface area contributed by atoms with Crippen LogP contribution in [0.2, 0.25) is 0 Å². The summed E-state index contributed by atoms with van der Waals surface area (Å²) >= 11 is 0. The average Bonchev–Trinajstić information content (AvgIpc) is 2.49. The third kappa shape index (κ3) is 2.39. The molecule has 0 bridgehead atoms. The number of aldehydes is 1. The molecular formula is C17H18O3. The Morgan fingerprint density at radius 3 is 2.35 bits per heavy atom. The number of methoxy groups -OCH3 is 2. The Bertz CT molecular complexity index is 645. The smallest absolute Gasteiger partial charge is 0.153 e. The SMILES string of the molecule is COc1ccc(-c2ccc(C)c(C)c2OC)cc1C=O. The Morgan fingerprint density at radius 1 is 1.00 bits per heavy atom. The molecule has 0 atom stereocenters. The van der Waals surface area contributed by atoms with Gasteiger partial charge in [0.25, 0.3) is 0 Å². The van der Waals surface area contributed by atoms with Crippen LogP contribution < -0.4 is 9.47 Å². The molecule has 0 aliphatic heterocycles. The summed E-state index contributed by atoms with van der Waals surface area (Å²) in [6, 6.07) is 9.61. The lowest BCUT2D eigenvalue weighted by Crippen LogP contribution is -1.95. The van der Waals surface area contributed by atoms with E-state index in [0.717, 1.165) is 28.7 Å². The minimum Gasteiger partial charge on any atom is -0.496 e. The highest BCUT2D eigenvalue weighted by molar-refractivity contribution is 5.84. The lowest BCUT2D eigenvalue weighted by Gasteiger charge is -2.14. The normalized spacial score (nSPS) is 10.2. The lowest BCUT2D eigenvalue weighted by molar-refractivity contribution is 0.112. The standard InChI is InChI=1S/C17H18O3/c1-11-5-7-15(17(20-4)12(11)2)13-6-8-16(19-3)14(9-13)10-18/h5-10H,1-4H3. The summed E-state index contributed by atoms with van der Waals surface area (Å²) in [5.41, 5.74) is 4.72. The maximum Gasteiger partial charge on any atom is 0.153 e. The van der Waals surface area contributed by atoms with Gasteiger partial charge in [0.2, 0.25) is 0 Å². The van der Waals surface area contributed by atoms with Crippen molar-refractivity contribution in [3.8, 4) is 22.6 Å². The van der Waals surface area contributed by atoms with Gasteiger partial charge in [-0.1, -0.05) is 18.2 Å². The van der Waals surface area contributed by atoms with Gasteiger partial charge in [0, 0.05) is 5.56 Å². The first kappa shape index (κ1) is 14.1. The van der Waals surface area contributed by atoms with Crippen molar-refractivity contribution >= 4 is 6.29 Å². The van der Waals surface area contributed by atoms with Crippen LogP contribution in [-0.4, -0.2) is 20.5 Å². The lowest BCUT2D eigenvalue weighted by atomic mass is 9.97. The van der Waals surface area contributed by atoms with Crippen LogP contribution in [0.15, 0.2) is 30.3 Å². The zero-order valence-corrected chi connectivity index (χ0v) is 12.2. The summed E-state index contributed by atoms with van der Waals surface area (Å²) in [7, 11) is 3.22. The first-order chi connectivity index (χ1) is 9.62. The quantitative estimate of drug-likeness (QED) is 0.793. The number of ether oxygens (including phenoxy) is 2. The zero-order valence-electron chi connectivity index (χ0n) is 12.2. The fourth-order valence-corrected chi connectivity index (χ4v) is 2.27. The fraction of sp³-hybridized carbons (Fsp3) is 0.235. The van der Waals surface area contributed by atoms with Crippen molar-refractivity contribution in [2.45, 2.75) is 13.8 Å². The molecule has 0 unspecified atom stereocenters. The maximum absolute atomic E-state index is 11.1. The summed E-state index contributed by atoms with van der Waals surface area (Å²) in [5.74, 6) is 1.42. The number of hydrogen-bond donors (Lipinski definition) is 0. The number of hydrogen-bond acceptors (Lipinski definition) is 3. The Labute approximate surface area is 119 Å². The van der Waals surface area contributed by atoms with Gasteiger partial charge in [-0.25, -0.2) is 0 Å². The zero-order chi connectivity index (χ0) is 14.7. The second kappa shape index (κ2) is 5.78. The number of carbonyl (C=O) groups excluding carboxylic acids is 1. The molecule has 3 nitrogen and oxygen atoms in total. The second-order valence-electron chi connectivity index (χ2n) is 4.66. The maximum atomic E-state index is 11.1. The van der Waals surface area contributed by atoms with Crippen molar-refractivity contribution in [2.24, 2.45) is 0 Å². The van der Waals surface area contributed by atoms with Crippen LogP contribution in [0.25, 0.3) is 11.1 Å². The van der Waals surface area contributed by atoms with Crippen LogP contribution >= 0.6 is 0 Å². The first-order valence-corrected chi connectivity index (χ1v) is 6.40. The molecule has 0 saturated heterocycles. The van der Waals surface area contributed by atoms with Crippen LogP contribution in [0.3, 0.4) is 0 Å². The van der Waals surface area contributed by atoms with Crippen molar-refractivity contribution in [1.82, 2.24) is 0 Å². The molecule has 0 spiro atoms. The van der Waals surface area contributed by atoms with E-state index in [-0.39, 0.29) is 0 Å². The van der Waals surface area contributed by atoms with Crippen molar-refractivity contribution in [1.29, 1.82) is 0 Å². The molecular weight excluding hydrogens is 252 g/mol. The van der Waals surface area contributed by atoms with Gasteiger partial charge in [-0.2, -0.15) is 0 Å². The van der Waals surface area contributed by atoms with Crippen molar-refractivity contribution in [3.05, 3.63) is 47.0 Å². The summed E-state index contributed by atoms with van der Waals surface area (Å²) in [4.78, 5) is 11.1. The molecule has 2 rings (SSSR count). The van der Waals surface area contributed by atoms with Crippen LogP contribution in [0.4, 0.5) is 0 Å². The molecule has 0 radical (unpaired) electrons. The Kier molecular flexibility index (Phi) is 4.08. The van der Waals surface area contributed by atoms with Gasteiger partial charge in [0.1, 0.15) is 11.5 Å². The van der Waals surface area contributed by atoms with E-state index in [0.29, 0.717) is 11.3 Å². The topological polar surface area (TPSA) is 35.5 Å². The van der Waals surface area contributed by atoms with E-state index in [1.807, 2.05) is 32.0 Å². The summed E-state index contributed by atoms with van der Waals surface area (Å²) in [6.07, 6.45) is 0.801. The molecule has 0 amide bonds. The number of benzene rings is 2. The molecule has 2 aromatic carbocycles. The van der Waals surface area contributed by atoms with E-state index in [4.69, 9.17) is 9.47 Å². The largest absolute Gasteiger partial charge is 0.496 e. The van der Waals surface area contributed by atoms with Crippen LogP contribution in [0, 0.1) is 13.8 Å². The van der Waals surface area contributed by atoms with Gasteiger partial charge in [-0.05, 0) is 42.7 Å². The van der Waals surface area contributed by atoms with E-state index >= 15 is 0 Å². The van der Waals surface area contributed by atoms with Crippen molar-refractivity contribution in [3.63, 3.8) is 0 Å². The second-order valence-corrected chi connectivity index (χ2v) is 4.66. The van der Waals surface area contributed by atoms with Gasteiger partial charge in [0.05, 0.1) is 19.8 Å². The number of rotatable bonds is 4. The molecule has 0 N–H and O–H groups in total. The molecule has 0 saturated carbocycles. The minimum absolute atomic E-state index is 0.533. The Morgan fingerprint density at radius 2 is 1.75 bits per heavy atom. The molecule has 2 aromatic rings. The van der Waals surface area contributed by atoms with E-state index in [1.165, 1.54) is 5.56 Å². The monoisotopic (exact) mass is 270 g/mol. The van der Waals surface area contributed by atoms with Crippen LogP contribution in [0.5, 0.6) is 11.5 Å². The summed E-state index contributed by atoms with van der Waals surface area (Å²) in [5, 5.41) is 0. The third-order valence-electron chi connectivity index (χ3n) is 3.55. The van der Waals surface area contributed by atoms with E-state index in [2.05, 4.69) is 6.07 Å². The molecule has 0 aromatic heterocycles. The molecule has 3 heteroatoms. The van der Waals surface area contributed by atoms with Gasteiger partial charge in [-0.3, -0.25) is 4.79 Å². The Hall–Kier alpha value is -2.29. The van der Waals surface area contributed by atoms with Crippen molar-refractivity contribution < 1.29 is 14.3 Å². The summed E-state index contributed by atoms with van der Waals surface area (Å²) in [6.45, 7) is 4.08. The molecule has 0 aliphatic carbocycles. The fourth-order valence-electron chi connectivity index (χ4n) is 2.27. The molecule has 0 aliphatic rings. The third-order valence-corrected chi connectivity index (χ3v) is 3.55. The molecule has 0 fully saturated rings. The molecule has 104 valence electrons. The van der Waals surface area contributed by atoms with Crippen LogP contribution in [-0.2, 0) is 0 Å². The van der Waals surface area contributed by atoms with Gasteiger partial charge >= 0.3 is 0 Å². The predicted octanol–water partition coefficient (Wildman–Crippen LogP) is 3.80. The molecule has 0 heterocycles. The average molecular weight is 270 g/mol. The van der Waals surface area contributed by atoms with Gasteiger partial charge < -0.3 is 9.47 Å². The van der Waals surface area contributed by atoms with Crippen LogP contribution in [0.1, 0.15) is 21.5 Å². The van der Waals surface area contributed by atoms with E-state index in [9.17, 15) is 4.79 Å². The highest BCUT2D eigenvalue weighted by Gasteiger charge is 2.12. The Balaban J connectivity index is 2.63. The van der Waals surface area contributed by atoms with Crippen molar-refractivity contribution in [2.75, 3.05) is 14.2 Å². The highest BCUT2D eigenvalue weighted by Crippen LogP contribution is 2.36. The highest BCUT2D eigenvalue weighted by atomic mass is 16.5. The number of aryl methyl sites for hydroxylation is 1. The van der Waals surface area contributed by atoms with E-state index in [1.54, 1.807) is 20.3 Å². The predicted molar refractivity (Wildman–Crippen MR) is 79.8 cm³/mol.